The predicted octanol–water partition coefficient (Wildman–Crippen LogP) is 2.10. The smallest absolute Gasteiger partial charge is 0.270 e. The van der Waals surface area contributed by atoms with Gasteiger partial charge in [0.15, 0.2) is 0 Å². The van der Waals surface area contributed by atoms with Crippen molar-refractivity contribution in [1.82, 2.24) is 20.5 Å². The molecule has 2 saturated heterocycles. The number of methoxy groups -OCH3 is 1. The number of hydrogen-bond donors (Lipinski definition) is 3. The maximum absolute atomic E-state index is 13.5. The van der Waals surface area contributed by atoms with Crippen LogP contribution >= 0.6 is 0 Å². The number of fused-ring (bicyclic) bond motifs is 1. The first kappa shape index (κ1) is 22.3. The van der Waals surface area contributed by atoms with Gasteiger partial charge in [-0.1, -0.05) is 6.07 Å². The zero-order chi connectivity index (χ0) is 23.9. The van der Waals surface area contributed by atoms with Gasteiger partial charge in [0.05, 0.1) is 13.2 Å². The molecule has 0 bridgehead atoms. The van der Waals surface area contributed by atoms with Crippen molar-refractivity contribution in [2.45, 2.75) is 50.6 Å². The van der Waals surface area contributed by atoms with Gasteiger partial charge in [-0.15, -0.1) is 0 Å². The number of carbonyl (C=O) groups is 3. The quantitative estimate of drug-likeness (QED) is 0.605. The van der Waals surface area contributed by atoms with E-state index in [1.807, 2.05) is 18.2 Å². The number of nitriles is 1. The van der Waals surface area contributed by atoms with Crippen LogP contribution in [0.25, 0.3) is 10.9 Å². The number of H-pyrrole nitrogens is 1. The number of aromatic nitrogens is 1. The molecule has 3 N–H and O–H groups in total. The number of hydrogen-bond acceptors (Lipinski definition) is 5. The lowest BCUT2D eigenvalue weighted by molar-refractivity contribution is -0.128. The summed E-state index contributed by atoms with van der Waals surface area (Å²) < 4.78 is 5.41. The first-order valence-corrected chi connectivity index (χ1v) is 11.9. The summed E-state index contributed by atoms with van der Waals surface area (Å²) in [4.78, 5) is 43.6. The summed E-state index contributed by atoms with van der Waals surface area (Å²) in [5.41, 5.74) is 1.32. The molecule has 2 aliphatic heterocycles. The SMILES string of the molecule is COc1cccc2[nH]c(C(=O)N3CCC4(CC4)CC3C(=O)NC(C#N)CC3CCNC3=O)cc12. The first-order chi connectivity index (χ1) is 16.4. The monoisotopic (exact) mass is 463 g/mol. The minimum Gasteiger partial charge on any atom is -0.496 e. The average molecular weight is 464 g/mol. The van der Waals surface area contributed by atoms with Crippen LogP contribution in [0.1, 0.15) is 49.0 Å². The van der Waals surface area contributed by atoms with Gasteiger partial charge in [0.1, 0.15) is 23.5 Å². The molecule has 9 heteroatoms. The van der Waals surface area contributed by atoms with Crippen LogP contribution in [0.15, 0.2) is 24.3 Å². The summed E-state index contributed by atoms with van der Waals surface area (Å²) in [7, 11) is 1.59. The van der Waals surface area contributed by atoms with E-state index in [1.165, 1.54) is 0 Å². The molecule has 2 aromatic rings. The van der Waals surface area contributed by atoms with Gasteiger partial charge < -0.3 is 25.3 Å². The molecule has 1 saturated carbocycles. The lowest BCUT2D eigenvalue weighted by Gasteiger charge is -2.39. The van der Waals surface area contributed by atoms with E-state index in [0.29, 0.717) is 37.4 Å². The molecular weight excluding hydrogens is 434 g/mol. The van der Waals surface area contributed by atoms with Gasteiger partial charge >= 0.3 is 0 Å². The summed E-state index contributed by atoms with van der Waals surface area (Å²) in [6.45, 7) is 1.09. The minimum absolute atomic E-state index is 0.0739. The van der Waals surface area contributed by atoms with E-state index in [1.54, 1.807) is 18.1 Å². The lowest BCUT2D eigenvalue weighted by atomic mass is 9.87. The van der Waals surface area contributed by atoms with Gasteiger partial charge in [-0.25, -0.2) is 0 Å². The highest BCUT2D eigenvalue weighted by Crippen LogP contribution is 2.55. The number of aromatic amines is 1. The fourth-order valence-corrected chi connectivity index (χ4v) is 5.39. The maximum Gasteiger partial charge on any atom is 0.270 e. The number of nitrogens with one attached hydrogen (secondary N) is 3. The van der Waals surface area contributed by atoms with Crippen molar-refractivity contribution in [3.8, 4) is 11.8 Å². The zero-order valence-corrected chi connectivity index (χ0v) is 19.2. The van der Waals surface area contributed by atoms with E-state index >= 15 is 0 Å². The molecule has 5 rings (SSSR count). The Bertz CT molecular complexity index is 1180. The summed E-state index contributed by atoms with van der Waals surface area (Å²) in [5.74, 6) is -0.235. The average Bonchev–Trinajstić information content (AvgIpc) is 3.25. The molecule has 3 heterocycles. The van der Waals surface area contributed by atoms with Crippen LogP contribution < -0.4 is 15.4 Å². The molecule has 9 nitrogen and oxygen atoms in total. The Morgan fingerprint density at radius 2 is 2.18 bits per heavy atom. The third kappa shape index (κ3) is 4.09. The molecule has 1 aromatic heterocycles. The molecule has 1 spiro atoms. The van der Waals surface area contributed by atoms with Crippen LogP contribution in [-0.2, 0) is 9.59 Å². The highest BCUT2D eigenvalue weighted by molar-refractivity contribution is 6.01. The van der Waals surface area contributed by atoms with E-state index in [9.17, 15) is 19.6 Å². The Kier molecular flexibility index (Phi) is 5.68. The van der Waals surface area contributed by atoms with Crippen LogP contribution in [0.2, 0.25) is 0 Å². The lowest BCUT2D eigenvalue weighted by Crippen LogP contribution is -2.55. The van der Waals surface area contributed by atoms with Crippen molar-refractivity contribution in [1.29, 1.82) is 5.26 Å². The Morgan fingerprint density at radius 1 is 1.35 bits per heavy atom. The predicted molar refractivity (Wildman–Crippen MR) is 124 cm³/mol. The summed E-state index contributed by atoms with van der Waals surface area (Å²) in [6.07, 6.45) is 4.53. The Balaban J connectivity index is 1.35. The van der Waals surface area contributed by atoms with Crippen LogP contribution in [0.5, 0.6) is 5.75 Å². The van der Waals surface area contributed by atoms with Gasteiger partial charge in [0.25, 0.3) is 5.91 Å². The third-order valence-electron chi connectivity index (χ3n) is 7.64. The first-order valence-electron chi connectivity index (χ1n) is 11.9. The molecule has 0 radical (unpaired) electrons. The van der Waals surface area contributed by atoms with Crippen LogP contribution in [0.4, 0.5) is 0 Å². The fraction of sp³-hybridized carbons (Fsp3) is 0.520. The molecule has 3 fully saturated rings. The highest BCUT2D eigenvalue weighted by Gasteiger charge is 2.51. The van der Waals surface area contributed by atoms with Gasteiger partial charge in [-0.05, 0) is 62.1 Å². The maximum atomic E-state index is 13.5. The number of rotatable bonds is 6. The van der Waals surface area contributed by atoms with Crippen molar-refractivity contribution in [3.63, 3.8) is 0 Å². The molecular formula is C25H29N5O4. The number of nitrogens with zero attached hydrogens (tertiary/aromatic N) is 2. The second kappa shape index (κ2) is 8.67. The van der Waals surface area contributed by atoms with Crippen LogP contribution in [0.3, 0.4) is 0 Å². The van der Waals surface area contributed by atoms with E-state index in [-0.39, 0.29) is 35.5 Å². The van der Waals surface area contributed by atoms with E-state index in [2.05, 4.69) is 21.7 Å². The standard InChI is InChI=1S/C25H29N5O4/c1-34-21-4-2-3-18-17(21)12-19(29-18)24(33)30-10-8-25(6-7-25)13-20(30)23(32)28-16(14-26)11-15-5-9-27-22(15)31/h2-4,12,15-16,20,29H,5-11,13H2,1H3,(H,27,31)(H,28,32). The number of amides is 3. The van der Waals surface area contributed by atoms with Gasteiger partial charge in [-0.2, -0.15) is 5.26 Å². The largest absolute Gasteiger partial charge is 0.496 e. The third-order valence-corrected chi connectivity index (χ3v) is 7.64. The number of benzene rings is 1. The van der Waals surface area contributed by atoms with Crippen LogP contribution in [0, 0.1) is 22.7 Å². The Hall–Kier alpha value is -3.54. The van der Waals surface area contributed by atoms with Crippen molar-refractivity contribution in [2.24, 2.45) is 11.3 Å². The second-order valence-electron chi connectivity index (χ2n) is 9.78. The Labute approximate surface area is 197 Å². The molecule has 3 amide bonds. The van der Waals surface area contributed by atoms with E-state index in [4.69, 9.17) is 4.74 Å². The normalized spacial score (nSPS) is 23.9. The summed E-state index contributed by atoms with van der Waals surface area (Å²) in [5, 5.41) is 16.0. The molecule has 3 atom stereocenters. The van der Waals surface area contributed by atoms with E-state index in [0.717, 1.165) is 30.2 Å². The fourth-order valence-electron chi connectivity index (χ4n) is 5.39. The van der Waals surface area contributed by atoms with Gasteiger partial charge in [0.2, 0.25) is 11.8 Å². The summed E-state index contributed by atoms with van der Waals surface area (Å²) >= 11 is 0. The van der Waals surface area contributed by atoms with Crippen molar-refractivity contribution in [2.75, 3.05) is 20.2 Å². The molecule has 3 aliphatic rings. The highest BCUT2D eigenvalue weighted by atomic mass is 16.5. The van der Waals surface area contributed by atoms with E-state index < -0.39 is 12.1 Å². The second-order valence-corrected chi connectivity index (χ2v) is 9.78. The number of piperidine rings is 1. The molecule has 1 aliphatic carbocycles. The molecule has 1 aromatic carbocycles. The van der Waals surface area contributed by atoms with Crippen molar-refractivity contribution < 1.29 is 19.1 Å². The number of likely N-dealkylation sites (tertiary alicyclic amines) is 1. The summed E-state index contributed by atoms with van der Waals surface area (Å²) in [6, 6.07) is 8.05. The molecule has 3 unspecified atom stereocenters. The van der Waals surface area contributed by atoms with Gasteiger partial charge in [0, 0.05) is 29.9 Å². The van der Waals surface area contributed by atoms with Crippen molar-refractivity contribution in [3.05, 3.63) is 30.0 Å². The van der Waals surface area contributed by atoms with Crippen molar-refractivity contribution >= 4 is 28.6 Å². The zero-order valence-electron chi connectivity index (χ0n) is 19.2. The van der Waals surface area contributed by atoms with Gasteiger partial charge in [-0.3, -0.25) is 14.4 Å². The topological polar surface area (TPSA) is 127 Å². The number of ether oxygens (including phenoxy) is 1. The van der Waals surface area contributed by atoms with Crippen LogP contribution in [-0.4, -0.2) is 59.9 Å². The number of carbonyl (C=O) groups excluding carboxylic acids is 3. The minimum atomic E-state index is -0.771. The Morgan fingerprint density at radius 3 is 2.85 bits per heavy atom. The molecule has 178 valence electrons. The molecule has 34 heavy (non-hydrogen) atoms.